The normalized spacial score (nSPS) is 17.6. The predicted octanol–water partition coefficient (Wildman–Crippen LogP) is 3.47. The highest BCUT2D eigenvalue weighted by Gasteiger charge is 2.34. The molecule has 0 amide bonds. The Bertz CT molecular complexity index is 1140. The fourth-order valence-corrected chi connectivity index (χ4v) is 5.05. The van der Waals surface area contributed by atoms with Crippen molar-refractivity contribution in [3.05, 3.63) is 51.3 Å². The maximum atomic E-state index is 12.7. The maximum Gasteiger partial charge on any atom is 0.341 e. The first-order valence-electron chi connectivity index (χ1n) is 11.9. The van der Waals surface area contributed by atoms with Crippen LogP contribution in [-0.2, 0) is 22.6 Å². The van der Waals surface area contributed by atoms with E-state index in [1.807, 2.05) is 4.68 Å². The van der Waals surface area contributed by atoms with Crippen LogP contribution in [0.15, 0.2) is 29.2 Å². The zero-order valence-electron chi connectivity index (χ0n) is 20.8. The lowest BCUT2D eigenvalue weighted by atomic mass is 9.93. The molecule has 0 radical (unpaired) electrons. The molecule has 1 N–H and O–H groups in total. The van der Waals surface area contributed by atoms with Gasteiger partial charge in [0.2, 0.25) is 0 Å². The molecule has 0 saturated carbocycles. The number of hydrogen-bond acceptors (Lipinski definition) is 6. The van der Waals surface area contributed by atoms with Crippen LogP contribution in [-0.4, -0.2) is 55.2 Å². The summed E-state index contributed by atoms with van der Waals surface area (Å²) in [4.78, 5) is 26.8. The minimum Gasteiger partial charge on any atom is -0.477 e. The van der Waals surface area contributed by atoms with Gasteiger partial charge in [0.25, 0.3) is 0 Å². The molecular weight excluding hydrogens is 434 g/mol. The van der Waals surface area contributed by atoms with Gasteiger partial charge >= 0.3 is 5.97 Å². The van der Waals surface area contributed by atoms with Crippen molar-refractivity contribution in [3.63, 3.8) is 0 Å². The Balaban J connectivity index is 1.88. The highest BCUT2D eigenvalue weighted by atomic mass is 16.5. The summed E-state index contributed by atoms with van der Waals surface area (Å²) in [7, 11) is 3.43. The van der Waals surface area contributed by atoms with Crippen LogP contribution in [0.5, 0.6) is 0 Å². The van der Waals surface area contributed by atoms with Gasteiger partial charge in [0, 0.05) is 62.3 Å². The molecule has 0 bridgehead atoms. The smallest absolute Gasteiger partial charge is 0.341 e. The molecule has 1 atom stereocenters. The molecule has 1 unspecified atom stereocenters. The number of aromatic carboxylic acids is 1. The summed E-state index contributed by atoms with van der Waals surface area (Å²) in [6.07, 6.45) is 3.42. The zero-order valence-corrected chi connectivity index (χ0v) is 20.8. The average molecular weight is 470 g/mol. The summed E-state index contributed by atoms with van der Waals surface area (Å²) in [5.41, 5.74) is 4.03. The van der Waals surface area contributed by atoms with Gasteiger partial charge in [0.05, 0.1) is 31.0 Å². The number of hydrogen-bond donors (Lipinski definition) is 1. The van der Waals surface area contributed by atoms with Crippen molar-refractivity contribution >= 4 is 11.7 Å². The van der Waals surface area contributed by atoms with Gasteiger partial charge in [-0.3, -0.25) is 9.47 Å². The van der Waals surface area contributed by atoms with E-state index in [0.717, 1.165) is 54.9 Å². The van der Waals surface area contributed by atoms with Crippen LogP contribution in [0.2, 0.25) is 0 Å². The lowest BCUT2D eigenvalue weighted by molar-refractivity contribution is 0.0694. The Hall–Kier alpha value is -2.84. The molecule has 2 aliphatic rings. The molecule has 1 aromatic heterocycles. The second-order valence-corrected chi connectivity index (χ2v) is 9.94. The number of anilines is 1. The van der Waals surface area contributed by atoms with Crippen molar-refractivity contribution < 1.29 is 19.4 Å². The monoisotopic (exact) mass is 469 g/mol. The molecule has 1 aromatic carbocycles. The van der Waals surface area contributed by atoms with Crippen molar-refractivity contribution in [1.82, 2.24) is 4.68 Å². The maximum absolute atomic E-state index is 12.7. The molecule has 0 spiro atoms. The number of pyridine rings is 1. The lowest BCUT2D eigenvalue weighted by Gasteiger charge is -2.45. The van der Waals surface area contributed by atoms with Crippen molar-refractivity contribution in [2.75, 3.05) is 43.8 Å². The summed E-state index contributed by atoms with van der Waals surface area (Å²) < 4.78 is 12.8. The van der Waals surface area contributed by atoms with E-state index in [-0.39, 0.29) is 11.1 Å². The van der Waals surface area contributed by atoms with Crippen molar-refractivity contribution in [2.24, 2.45) is 5.92 Å². The minimum atomic E-state index is -1.21. The number of rotatable bonds is 8. The van der Waals surface area contributed by atoms with E-state index in [9.17, 15) is 14.7 Å². The van der Waals surface area contributed by atoms with Crippen LogP contribution < -0.4 is 15.3 Å². The largest absolute Gasteiger partial charge is 0.477 e. The number of ether oxygens (including phenoxy) is 2. The molecule has 4 rings (SSSR count). The number of aromatic nitrogens is 1. The van der Waals surface area contributed by atoms with E-state index >= 15 is 0 Å². The Kier molecular flexibility index (Phi) is 6.73. The van der Waals surface area contributed by atoms with Crippen molar-refractivity contribution in [1.29, 1.82) is 0 Å². The standard InChI is InChI=1S/C26H35N3O5/c1-6-26(2,3)29-13-18-10-22(27-8-7-17(12-27)15-33-4)19(16-34-5)9-20(18)23-11-24(30)21(25(31)32)14-28(23)29/h9-11,14,17H,6-8,12-13,15-16H2,1-5H3,(H,31,32). The van der Waals surface area contributed by atoms with Gasteiger partial charge in [0.15, 0.2) is 5.43 Å². The number of nitrogens with zero attached hydrogens (tertiary/aromatic N) is 3. The van der Waals surface area contributed by atoms with E-state index in [1.165, 1.54) is 12.3 Å². The third kappa shape index (κ3) is 4.32. The summed E-state index contributed by atoms with van der Waals surface area (Å²) in [6, 6.07) is 5.80. The fourth-order valence-electron chi connectivity index (χ4n) is 5.05. The average Bonchev–Trinajstić information content (AvgIpc) is 3.26. The Morgan fingerprint density at radius 3 is 2.62 bits per heavy atom. The summed E-state index contributed by atoms with van der Waals surface area (Å²) in [5.74, 6) is -0.712. The number of carboxylic acids is 1. The van der Waals surface area contributed by atoms with Gasteiger partial charge in [-0.15, -0.1) is 0 Å². The van der Waals surface area contributed by atoms with Crippen molar-refractivity contribution in [2.45, 2.75) is 52.3 Å². The van der Waals surface area contributed by atoms with Gasteiger partial charge in [-0.2, -0.15) is 0 Å². The highest BCUT2D eigenvalue weighted by Crippen LogP contribution is 2.39. The first kappa shape index (κ1) is 24.3. The first-order chi connectivity index (χ1) is 16.2. The summed E-state index contributed by atoms with van der Waals surface area (Å²) in [5, 5.41) is 11.7. The Morgan fingerprint density at radius 1 is 1.21 bits per heavy atom. The van der Waals surface area contributed by atoms with Crippen LogP contribution in [0, 0.1) is 5.92 Å². The van der Waals surface area contributed by atoms with Gasteiger partial charge in [-0.25, -0.2) is 4.79 Å². The molecule has 184 valence electrons. The van der Waals surface area contributed by atoms with Gasteiger partial charge in [-0.1, -0.05) is 6.92 Å². The molecule has 3 heterocycles. The quantitative estimate of drug-likeness (QED) is 0.634. The van der Waals surface area contributed by atoms with Crippen LogP contribution in [0.4, 0.5) is 5.69 Å². The van der Waals surface area contributed by atoms with Crippen molar-refractivity contribution in [3.8, 4) is 11.3 Å². The third-order valence-electron chi connectivity index (χ3n) is 7.32. The molecule has 1 saturated heterocycles. The molecule has 1 fully saturated rings. The second kappa shape index (κ2) is 9.43. The molecule has 8 nitrogen and oxygen atoms in total. The summed E-state index contributed by atoms with van der Waals surface area (Å²) >= 11 is 0. The highest BCUT2D eigenvalue weighted by molar-refractivity contribution is 5.88. The van der Waals surface area contributed by atoms with Crippen LogP contribution >= 0.6 is 0 Å². The van der Waals surface area contributed by atoms with Crippen LogP contribution in [0.25, 0.3) is 11.3 Å². The number of fused-ring (bicyclic) bond motifs is 3. The Labute approximate surface area is 200 Å². The van der Waals surface area contributed by atoms with E-state index in [1.54, 1.807) is 14.2 Å². The zero-order chi connectivity index (χ0) is 24.6. The molecule has 0 aliphatic carbocycles. The lowest BCUT2D eigenvalue weighted by Crippen LogP contribution is -2.52. The molecule has 8 heteroatoms. The summed E-state index contributed by atoms with van der Waals surface area (Å²) in [6.45, 7) is 10.1. The molecule has 2 aromatic rings. The van der Waals surface area contributed by atoms with Crippen LogP contribution in [0.1, 0.15) is 55.1 Å². The number of methoxy groups -OCH3 is 2. The first-order valence-corrected chi connectivity index (χ1v) is 11.9. The topological polar surface area (TPSA) is 84.2 Å². The Morgan fingerprint density at radius 2 is 1.97 bits per heavy atom. The number of carboxylic acid groups (broad SMARTS) is 1. The SMILES string of the molecule is CCC(C)(C)N1Cc2cc(N3CCC(COC)C3)c(COC)cc2-c2cc(=O)c(C(=O)O)cn21. The minimum absolute atomic E-state index is 0.223. The van der Waals surface area contributed by atoms with E-state index in [0.29, 0.717) is 24.8 Å². The molecular formula is C26H35N3O5. The van der Waals surface area contributed by atoms with E-state index in [4.69, 9.17) is 9.47 Å². The third-order valence-corrected chi connectivity index (χ3v) is 7.32. The number of carbonyl (C=O) groups is 1. The van der Waals surface area contributed by atoms with Gasteiger partial charge < -0.3 is 24.5 Å². The van der Waals surface area contributed by atoms with E-state index in [2.05, 4.69) is 42.8 Å². The second-order valence-electron chi connectivity index (χ2n) is 9.94. The predicted molar refractivity (Wildman–Crippen MR) is 132 cm³/mol. The van der Waals surface area contributed by atoms with Crippen LogP contribution in [0.3, 0.4) is 0 Å². The van der Waals surface area contributed by atoms with E-state index < -0.39 is 11.4 Å². The van der Waals surface area contributed by atoms with Gasteiger partial charge in [0.1, 0.15) is 5.56 Å². The molecule has 34 heavy (non-hydrogen) atoms. The van der Waals surface area contributed by atoms with Gasteiger partial charge in [-0.05, 0) is 44.4 Å². The molecule has 2 aliphatic heterocycles. The fraction of sp³-hybridized carbons (Fsp3) is 0.538. The number of benzene rings is 1.